The number of nitrogens with one attached hydrogen (secondary N) is 1. The van der Waals surface area contributed by atoms with Gasteiger partial charge in [-0.2, -0.15) is 9.61 Å². The summed E-state index contributed by atoms with van der Waals surface area (Å²) in [5.74, 6) is 0. The highest BCUT2D eigenvalue weighted by Crippen LogP contribution is 2.14. The van der Waals surface area contributed by atoms with Crippen LogP contribution in [0.3, 0.4) is 0 Å². The van der Waals surface area contributed by atoms with Crippen LogP contribution in [0.1, 0.15) is 0 Å². The molecule has 0 amide bonds. The molecule has 0 atom stereocenters. The third-order valence-electron chi connectivity index (χ3n) is 2.28. The van der Waals surface area contributed by atoms with E-state index < -0.39 is 0 Å². The Morgan fingerprint density at radius 1 is 1.21 bits per heavy atom. The first-order valence-corrected chi connectivity index (χ1v) is 4.31. The molecule has 1 N–H and O–H groups in total. The fourth-order valence-electron chi connectivity index (χ4n) is 1.65. The van der Waals surface area contributed by atoms with E-state index in [0.717, 1.165) is 16.4 Å². The Labute approximate surface area is 78.8 Å². The molecule has 68 valence electrons. The Morgan fingerprint density at radius 3 is 3.00 bits per heavy atom. The number of aromatic amines is 1. The Morgan fingerprint density at radius 2 is 2.07 bits per heavy atom. The van der Waals surface area contributed by atoms with Crippen LogP contribution in [0.4, 0.5) is 0 Å². The molecule has 0 aliphatic heterocycles. The molecule has 1 aromatic carbocycles. The van der Waals surface area contributed by atoms with E-state index in [-0.39, 0.29) is 5.69 Å². The highest BCUT2D eigenvalue weighted by molar-refractivity contribution is 5.92. The van der Waals surface area contributed by atoms with Crippen molar-refractivity contribution in [1.29, 1.82) is 0 Å². The SMILES string of the molecule is O=c1[nH]c2ccccc2c2ccnn12. The van der Waals surface area contributed by atoms with Crippen LogP contribution in [0.5, 0.6) is 0 Å². The molecule has 4 nitrogen and oxygen atoms in total. The first-order valence-electron chi connectivity index (χ1n) is 4.31. The lowest BCUT2D eigenvalue weighted by Gasteiger charge is -1.98. The van der Waals surface area contributed by atoms with Gasteiger partial charge in [0.05, 0.1) is 17.2 Å². The number of para-hydroxylation sites is 1. The second-order valence-corrected chi connectivity index (χ2v) is 3.10. The van der Waals surface area contributed by atoms with Gasteiger partial charge in [0.1, 0.15) is 0 Å². The van der Waals surface area contributed by atoms with E-state index in [0.29, 0.717) is 0 Å². The summed E-state index contributed by atoms with van der Waals surface area (Å²) in [5.41, 5.74) is 1.47. The lowest BCUT2D eigenvalue weighted by atomic mass is 10.2. The summed E-state index contributed by atoms with van der Waals surface area (Å²) in [5, 5.41) is 4.95. The van der Waals surface area contributed by atoms with E-state index in [1.807, 2.05) is 30.3 Å². The number of hydrogen-bond acceptors (Lipinski definition) is 2. The molecule has 0 aliphatic rings. The zero-order valence-electron chi connectivity index (χ0n) is 7.27. The number of nitrogens with zero attached hydrogens (tertiary/aromatic N) is 2. The number of H-pyrrole nitrogens is 1. The summed E-state index contributed by atoms with van der Waals surface area (Å²) in [6.07, 6.45) is 1.62. The van der Waals surface area contributed by atoms with Crippen LogP contribution in [-0.2, 0) is 0 Å². The first-order chi connectivity index (χ1) is 6.86. The summed E-state index contributed by atoms with van der Waals surface area (Å²) in [4.78, 5) is 14.3. The minimum Gasteiger partial charge on any atom is -0.305 e. The van der Waals surface area contributed by atoms with Crippen molar-refractivity contribution in [1.82, 2.24) is 14.6 Å². The van der Waals surface area contributed by atoms with Crippen molar-refractivity contribution in [2.75, 3.05) is 0 Å². The predicted molar refractivity (Wildman–Crippen MR) is 53.3 cm³/mol. The van der Waals surface area contributed by atoms with E-state index in [4.69, 9.17) is 0 Å². The maximum Gasteiger partial charge on any atom is 0.347 e. The Bertz CT molecular complexity index is 665. The molecule has 0 saturated carbocycles. The van der Waals surface area contributed by atoms with Crippen molar-refractivity contribution in [2.45, 2.75) is 0 Å². The second-order valence-electron chi connectivity index (χ2n) is 3.10. The number of hydrogen-bond donors (Lipinski definition) is 1. The summed E-state index contributed by atoms with van der Waals surface area (Å²) in [6.45, 7) is 0. The Hall–Kier alpha value is -2.10. The van der Waals surface area contributed by atoms with Gasteiger partial charge < -0.3 is 4.98 Å². The second kappa shape index (κ2) is 2.45. The third kappa shape index (κ3) is 0.821. The van der Waals surface area contributed by atoms with Crippen molar-refractivity contribution < 1.29 is 0 Å². The van der Waals surface area contributed by atoms with Gasteiger partial charge in [-0.1, -0.05) is 18.2 Å². The monoisotopic (exact) mass is 185 g/mol. The molecule has 4 heteroatoms. The molecule has 0 bridgehead atoms. The molecule has 2 heterocycles. The van der Waals surface area contributed by atoms with E-state index in [9.17, 15) is 4.79 Å². The van der Waals surface area contributed by atoms with Crippen LogP contribution in [0.2, 0.25) is 0 Å². The highest BCUT2D eigenvalue weighted by Gasteiger charge is 2.02. The van der Waals surface area contributed by atoms with E-state index >= 15 is 0 Å². The highest BCUT2D eigenvalue weighted by atomic mass is 16.1. The molecular formula is C10H7N3O. The van der Waals surface area contributed by atoms with Crippen molar-refractivity contribution >= 4 is 16.4 Å². The van der Waals surface area contributed by atoms with Crippen LogP contribution in [-0.4, -0.2) is 14.6 Å². The molecule has 3 aromatic rings. The number of aromatic nitrogens is 3. The first kappa shape index (κ1) is 7.32. The molecule has 3 rings (SSSR count). The van der Waals surface area contributed by atoms with Gasteiger partial charge in [0.2, 0.25) is 0 Å². The number of fused-ring (bicyclic) bond motifs is 3. The van der Waals surface area contributed by atoms with Crippen molar-refractivity contribution in [3.8, 4) is 0 Å². The molecule has 0 saturated heterocycles. The number of benzene rings is 1. The van der Waals surface area contributed by atoms with Crippen LogP contribution in [0.15, 0.2) is 41.3 Å². The van der Waals surface area contributed by atoms with Gasteiger partial charge >= 0.3 is 5.69 Å². The lowest BCUT2D eigenvalue weighted by molar-refractivity contribution is 0.881. The maximum absolute atomic E-state index is 11.5. The van der Waals surface area contributed by atoms with Gasteiger partial charge in [-0.15, -0.1) is 0 Å². The molecule has 0 unspecified atom stereocenters. The minimum atomic E-state index is -0.205. The van der Waals surface area contributed by atoms with Gasteiger partial charge in [-0.3, -0.25) is 0 Å². The molecule has 0 aliphatic carbocycles. The van der Waals surface area contributed by atoms with Gasteiger partial charge in [0.25, 0.3) is 0 Å². The van der Waals surface area contributed by atoms with Crippen molar-refractivity contribution in [3.05, 3.63) is 47.0 Å². The largest absolute Gasteiger partial charge is 0.347 e. The molecule has 0 fully saturated rings. The summed E-state index contributed by atoms with van der Waals surface area (Å²) in [7, 11) is 0. The quantitative estimate of drug-likeness (QED) is 0.571. The average Bonchev–Trinajstić information content (AvgIpc) is 2.67. The Balaban J connectivity index is 2.73. The van der Waals surface area contributed by atoms with Crippen LogP contribution < -0.4 is 5.69 Å². The van der Waals surface area contributed by atoms with E-state index in [2.05, 4.69) is 10.1 Å². The summed E-state index contributed by atoms with van der Waals surface area (Å²) >= 11 is 0. The zero-order valence-corrected chi connectivity index (χ0v) is 7.27. The van der Waals surface area contributed by atoms with Gasteiger partial charge in [0.15, 0.2) is 0 Å². The van der Waals surface area contributed by atoms with Gasteiger partial charge in [0, 0.05) is 5.39 Å². The summed E-state index contributed by atoms with van der Waals surface area (Å²) < 4.78 is 1.36. The number of rotatable bonds is 0. The standard InChI is InChI=1S/C10H7N3O/c14-10-12-8-4-2-1-3-7(8)9-5-6-11-13(9)10/h1-6H,(H,12,14). The van der Waals surface area contributed by atoms with Crippen LogP contribution in [0, 0.1) is 0 Å². The van der Waals surface area contributed by atoms with Crippen LogP contribution >= 0.6 is 0 Å². The van der Waals surface area contributed by atoms with Gasteiger partial charge in [-0.05, 0) is 12.1 Å². The molecule has 0 spiro atoms. The van der Waals surface area contributed by atoms with Crippen LogP contribution in [0.25, 0.3) is 16.4 Å². The summed E-state index contributed by atoms with van der Waals surface area (Å²) in [6, 6.07) is 9.50. The zero-order chi connectivity index (χ0) is 9.54. The maximum atomic E-state index is 11.5. The smallest absolute Gasteiger partial charge is 0.305 e. The van der Waals surface area contributed by atoms with Crippen molar-refractivity contribution in [2.24, 2.45) is 0 Å². The molecule has 2 aromatic heterocycles. The molecule has 0 radical (unpaired) electrons. The topological polar surface area (TPSA) is 50.2 Å². The molecule has 14 heavy (non-hydrogen) atoms. The molecular weight excluding hydrogens is 178 g/mol. The lowest BCUT2D eigenvalue weighted by Crippen LogP contribution is -2.16. The fourth-order valence-corrected chi connectivity index (χ4v) is 1.65. The third-order valence-corrected chi connectivity index (χ3v) is 2.28. The van der Waals surface area contributed by atoms with E-state index in [1.54, 1.807) is 6.20 Å². The van der Waals surface area contributed by atoms with Gasteiger partial charge in [-0.25, -0.2) is 4.79 Å². The average molecular weight is 185 g/mol. The van der Waals surface area contributed by atoms with E-state index in [1.165, 1.54) is 4.52 Å². The fraction of sp³-hybridized carbons (Fsp3) is 0. The Kier molecular flexibility index (Phi) is 1.28. The minimum absolute atomic E-state index is 0.205. The normalized spacial score (nSPS) is 11.1. The predicted octanol–water partition coefficient (Wildman–Crippen LogP) is 1.18. The van der Waals surface area contributed by atoms with Crippen molar-refractivity contribution in [3.63, 3.8) is 0 Å².